The molecule has 0 saturated carbocycles. The number of benzene rings is 7. The van der Waals surface area contributed by atoms with Crippen molar-refractivity contribution in [3.05, 3.63) is 161 Å². The summed E-state index contributed by atoms with van der Waals surface area (Å²) in [5.41, 5.74) is 23.0. The number of rotatable bonds is 8. The van der Waals surface area contributed by atoms with E-state index in [4.69, 9.17) is 0 Å². The van der Waals surface area contributed by atoms with Crippen LogP contribution >= 0.6 is 0 Å². The Hall–Kier alpha value is -5.80. The largest absolute Gasteiger partial charge is 0.355 e. The van der Waals surface area contributed by atoms with Crippen molar-refractivity contribution in [3.63, 3.8) is 0 Å². The first-order valence-electron chi connectivity index (χ1n) is 22.6. The van der Waals surface area contributed by atoms with Crippen LogP contribution in [0.5, 0.6) is 0 Å². The Morgan fingerprint density at radius 3 is 2.02 bits per heavy atom. The summed E-state index contributed by atoms with van der Waals surface area (Å²) in [6.45, 7) is 20.9. The number of nitrogens with one attached hydrogen (secondary N) is 1. The first kappa shape index (κ1) is 39.3. The predicted octanol–water partition coefficient (Wildman–Crippen LogP) is 14.5. The van der Waals surface area contributed by atoms with Crippen molar-refractivity contribution in [1.29, 1.82) is 0 Å². The smallest absolute Gasteiger partial charge is 0.197 e. The fourth-order valence-corrected chi connectivity index (χ4v) is 10.2. The van der Waals surface area contributed by atoms with Crippen molar-refractivity contribution in [3.8, 4) is 39.1 Å². The Kier molecular flexibility index (Phi) is 9.29. The minimum atomic E-state index is -0.0985. The van der Waals surface area contributed by atoms with Gasteiger partial charge in [-0.1, -0.05) is 172 Å². The first-order valence-corrected chi connectivity index (χ1v) is 22.6. The molecule has 0 atom stereocenters. The zero-order chi connectivity index (χ0) is 42.4. The number of para-hydroxylation sites is 1. The minimum absolute atomic E-state index is 0.00144. The maximum Gasteiger partial charge on any atom is 0.197 e. The maximum atomic E-state index is 3.88. The fourth-order valence-electron chi connectivity index (χ4n) is 10.2. The zero-order valence-corrected chi connectivity index (χ0v) is 37.6. The van der Waals surface area contributed by atoms with Crippen molar-refractivity contribution < 1.29 is 0 Å². The molecule has 2 nitrogen and oxygen atoms in total. The number of nitrogens with zero attached hydrogens (tertiary/aromatic N) is 1. The van der Waals surface area contributed by atoms with E-state index in [2.05, 4.69) is 213 Å². The second kappa shape index (κ2) is 14.4. The monoisotopic (exact) mass is 793 g/mol. The number of hydrogen-bond acceptors (Lipinski definition) is 1. The molecule has 61 heavy (non-hydrogen) atoms. The number of unbranched alkanes of at least 4 members (excludes halogenated alkanes) is 2. The third-order valence-corrected chi connectivity index (χ3v) is 13.8. The Morgan fingerprint density at radius 2 is 1.30 bits per heavy atom. The van der Waals surface area contributed by atoms with Crippen LogP contribution in [-0.2, 0) is 22.7 Å². The van der Waals surface area contributed by atoms with Crippen LogP contribution in [0, 0.1) is 0 Å². The Morgan fingerprint density at radius 1 is 0.607 bits per heavy atom. The molecule has 10 rings (SSSR count). The SMILES string of the molecule is CCCCCc1ccc(Nc2ccccc2-c2cc(-c3ccc(C(C)(C)C)cc3)c3c4cc(C(C)(C)C)ccc4n4c3c2[B]c2cc3c(cc2-4)-c2ccccc2C3(C)C)cc1. The summed E-state index contributed by atoms with van der Waals surface area (Å²) in [6, 6.07) is 51.2. The van der Waals surface area contributed by atoms with E-state index in [9.17, 15) is 0 Å². The Balaban J connectivity index is 1.26. The summed E-state index contributed by atoms with van der Waals surface area (Å²) in [6.07, 6.45) is 4.88. The highest BCUT2D eigenvalue weighted by Gasteiger charge is 2.38. The van der Waals surface area contributed by atoms with Crippen LogP contribution < -0.4 is 16.2 Å². The summed E-state index contributed by atoms with van der Waals surface area (Å²) in [7, 11) is 2.50. The zero-order valence-electron chi connectivity index (χ0n) is 37.6. The van der Waals surface area contributed by atoms with Gasteiger partial charge in [0.25, 0.3) is 0 Å². The van der Waals surface area contributed by atoms with Crippen molar-refractivity contribution in [2.45, 2.75) is 104 Å². The Bertz CT molecular complexity index is 3000. The molecule has 2 aliphatic rings. The number of aromatic nitrogens is 1. The van der Waals surface area contributed by atoms with Crippen LogP contribution in [0.15, 0.2) is 133 Å². The van der Waals surface area contributed by atoms with E-state index >= 15 is 0 Å². The number of anilines is 2. The lowest BCUT2D eigenvalue weighted by Crippen LogP contribution is -2.38. The molecule has 1 aliphatic carbocycles. The molecule has 1 N–H and O–H groups in total. The van der Waals surface area contributed by atoms with Gasteiger partial charge in [0, 0.05) is 44.3 Å². The number of aryl methyl sites for hydroxylation is 1. The standard InChI is InChI=1S/C58H58BN2/c1-10-11-12-17-36-22-29-40(30-23-36)60-50-21-16-14-19-42(50)45-33-43(37-24-26-38(27-25-37)56(2,3)4)53-46-32-39(57(5,6)7)28-31-51(46)61-52-34-44-41-18-13-15-20-47(41)58(8,9)48(44)35-49(52)59-54(45)55(53)61/h13-16,18-35,60H,10-12,17H2,1-9H3. The molecule has 7 aromatic carbocycles. The predicted molar refractivity (Wildman–Crippen MR) is 265 cm³/mol. The van der Waals surface area contributed by atoms with Gasteiger partial charge < -0.3 is 9.88 Å². The quantitative estimate of drug-likeness (QED) is 0.120. The lowest BCUT2D eigenvalue weighted by atomic mass is 9.58. The van der Waals surface area contributed by atoms with Gasteiger partial charge in [-0.05, 0) is 127 Å². The molecule has 0 saturated heterocycles. The van der Waals surface area contributed by atoms with E-state index in [0.717, 1.165) is 17.8 Å². The van der Waals surface area contributed by atoms with Gasteiger partial charge in [0.15, 0.2) is 7.28 Å². The van der Waals surface area contributed by atoms with Crippen molar-refractivity contribution in [1.82, 2.24) is 4.57 Å². The van der Waals surface area contributed by atoms with E-state index < -0.39 is 0 Å². The highest BCUT2D eigenvalue weighted by atomic mass is 15.0. The molecule has 2 heterocycles. The summed E-state index contributed by atoms with van der Waals surface area (Å²) >= 11 is 0. The van der Waals surface area contributed by atoms with Gasteiger partial charge in [0.05, 0.1) is 5.52 Å². The van der Waals surface area contributed by atoms with E-state index in [-0.39, 0.29) is 16.2 Å². The highest BCUT2D eigenvalue weighted by Crippen LogP contribution is 2.50. The van der Waals surface area contributed by atoms with Crippen molar-refractivity contribution in [2.24, 2.45) is 0 Å². The van der Waals surface area contributed by atoms with Gasteiger partial charge >= 0.3 is 0 Å². The topological polar surface area (TPSA) is 17.0 Å². The summed E-state index contributed by atoms with van der Waals surface area (Å²) in [5, 5.41) is 6.50. The van der Waals surface area contributed by atoms with Crippen LogP contribution in [0.3, 0.4) is 0 Å². The van der Waals surface area contributed by atoms with Crippen molar-refractivity contribution >= 4 is 51.4 Å². The lowest BCUT2D eigenvalue weighted by Gasteiger charge is -2.28. The molecule has 0 unspecified atom stereocenters. The molecule has 0 bridgehead atoms. The number of hydrogen-bond donors (Lipinski definition) is 1. The van der Waals surface area contributed by atoms with Gasteiger partial charge in [-0.2, -0.15) is 0 Å². The van der Waals surface area contributed by atoms with E-state index in [1.54, 1.807) is 0 Å². The van der Waals surface area contributed by atoms with Crippen molar-refractivity contribution in [2.75, 3.05) is 5.32 Å². The van der Waals surface area contributed by atoms with Gasteiger partial charge in [-0.15, -0.1) is 0 Å². The average Bonchev–Trinajstić information content (AvgIpc) is 3.70. The lowest BCUT2D eigenvalue weighted by molar-refractivity contribution is 0.590. The molecule has 0 fully saturated rings. The molecule has 1 radical (unpaired) electrons. The normalized spacial score (nSPS) is 13.9. The molecule has 3 heteroatoms. The third kappa shape index (κ3) is 6.55. The van der Waals surface area contributed by atoms with Crippen LogP contribution in [0.1, 0.15) is 109 Å². The van der Waals surface area contributed by atoms with E-state index in [1.807, 2.05) is 0 Å². The molecular formula is C58H58BN2. The first-order chi connectivity index (χ1) is 29.2. The third-order valence-electron chi connectivity index (χ3n) is 13.8. The van der Waals surface area contributed by atoms with Crippen LogP contribution in [-0.4, -0.2) is 11.8 Å². The number of fused-ring (bicyclic) bond motifs is 8. The van der Waals surface area contributed by atoms with Gasteiger partial charge in [-0.25, -0.2) is 0 Å². The van der Waals surface area contributed by atoms with Gasteiger partial charge in [0.1, 0.15) is 0 Å². The van der Waals surface area contributed by atoms with E-state index in [0.29, 0.717) is 0 Å². The average molecular weight is 794 g/mol. The molecule has 0 spiro atoms. The minimum Gasteiger partial charge on any atom is -0.355 e. The fraction of sp³-hybridized carbons (Fsp3) is 0.276. The summed E-state index contributed by atoms with van der Waals surface area (Å²) in [5.74, 6) is 0. The maximum absolute atomic E-state index is 3.88. The summed E-state index contributed by atoms with van der Waals surface area (Å²) in [4.78, 5) is 0. The second-order valence-corrected chi connectivity index (χ2v) is 20.3. The van der Waals surface area contributed by atoms with Gasteiger partial charge in [-0.3, -0.25) is 0 Å². The molecule has 1 aliphatic heterocycles. The Labute approximate surface area is 364 Å². The molecule has 0 amide bonds. The molecule has 8 aromatic rings. The van der Waals surface area contributed by atoms with E-state index in [1.165, 1.54) is 119 Å². The second-order valence-electron chi connectivity index (χ2n) is 20.3. The van der Waals surface area contributed by atoms with Crippen LogP contribution in [0.25, 0.3) is 60.9 Å². The highest BCUT2D eigenvalue weighted by molar-refractivity contribution is 6.73. The summed E-state index contributed by atoms with van der Waals surface area (Å²) < 4.78 is 2.61. The molecule has 303 valence electrons. The van der Waals surface area contributed by atoms with Gasteiger partial charge in [0.2, 0.25) is 0 Å². The molecule has 1 aromatic heterocycles. The molecular weight excluding hydrogens is 735 g/mol. The van der Waals surface area contributed by atoms with Crippen LogP contribution in [0.2, 0.25) is 0 Å². The van der Waals surface area contributed by atoms with Crippen LogP contribution in [0.4, 0.5) is 11.4 Å².